The van der Waals surface area contributed by atoms with Crippen LogP contribution >= 0.6 is 0 Å². The van der Waals surface area contributed by atoms with Crippen molar-refractivity contribution in [2.24, 2.45) is 0 Å². The summed E-state index contributed by atoms with van der Waals surface area (Å²) in [5.74, 6) is -0.269. The zero-order chi connectivity index (χ0) is 9.26. The van der Waals surface area contributed by atoms with Crippen LogP contribution < -0.4 is 10.6 Å². The van der Waals surface area contributed by atoms with Gasteiger partial charge in [-0.25, -0.2) is 9.18 Å². The van der Waals surface area contributed by atoms with E-state index in [-0.39, 0.29) is 11.8 Å². The molecule has 0 radical (unpaired) electrons. The smallest absolute Gasteiger partial charge is 0.319 e. The highest BCUT2D eigenvalue weighted by molar-refractivity contribution is 5.90. The lowest BCUT2D eigenvalue weighted by Gasteiger charge is -2.04. The van der Waals surface area contributed by atoms with Crippen LogP contribution in [0, 0.1) is 5.82 Å². The van der Waals surface area contributed by atoms with Gasteiger partial charge >= 0.3 is 6.03 Å². The van der Waals surface area contributed by atoms with Gasteiger partial charge in [0, 0.05) is 12.2 Å². The first-order valence-electron chi connectivity index (χ1n) is 4.09. The number of hydrogen-bond acceptors (Lipinski definition) is 1. The van der Waals surface area contributed by atoms with Crippen molar-refractivity contribution < 1.29 is 9.18 Å². The largest absolute Gasteiger partial charge is 0.338 e. The van der Waals surface area contributed by atoms with E-state index in [0.717, 1.165) is 5.56 Å². The standard InChI is InChI=1S/C9H9FN2O/c10-7-1-2-8-6(5-7)3-4-11-9(13)12-8/h1-2,5H,3-4H2,(H2,11,12,13). The topological polar surface area (TPSA) is 41.1 Å². The maximum atomic E-state index is 12.8. The molecule has 3 nitrogen and oxygen atoms in total. The summed E-state index contributed by atoms with van der Waals surface area (Å²) in [4.78, 5) is 11.0. The summed E-state index contributed by atoms with van der Waals surface area (Å²) in [6.07, 6.45) is 0.659. The molecule has 0 aliphatic carbocycles. The Morgan fingerprint density at radius 3 is 3.08 bits per heavy atom. The molecule has 0 aromatic heterocycles. The number of anilines is 1. The van der Waals surface area contributed by atoms with E-state index in [0.29, 0.717) is 18.7 Å². The van der Waals surface area contributed by atoms with Gasteiger partial charge in [-0.15, -0.1) is 0 Å². The predicted octanol–water partition coefficient (Wildman–Crippen LogP) is 1.50. The molecule has 2 N–H and O–H groups in total. The van der Waals surface area contributed by atoms with Gasteiger partial charge in [0.1, 0.15) is 5.82 Å². The summed E-state index contributed by atoms with van der Waals surface area (Å²) in [5.41, 5.74) is 1.52. The Morgan fingerprint density at radius 1 is 1.38 bits per heavy atom. The highest BCUT2D eigenvalue weighted by Crippen LogP contribution is 2.18. The SMILES string of the molecule is O=C1NCCc2cc(F)ccc2N1. The van der Waals surface area contributed by atoms with Crippen LogP contribution in [-0.4, -0.2) is 12.6 Å². The monoisotopic (exact) mass is 180 g/mol. The first-order chi connectivity index (χ1) is 6.25. The fourth-order valence-electron chi connectivity index (χ4n) is 1.37. The first kappa shape index (κ1) is 8.04. The molecule has 1 aliphatic rings. The predicted molar refractivity (Wildman–Crippen MR) is 47.1 cm³/mol. The van der Waals surface area contributed by atoms with E-state index in [1.165, 1.54) is 12.1 Å². The third-order valence-corrected chi connectivity index (χ3v) is 2.00. The van der Waals surface area contributed by atoms with Crippen molar-refractivity contribution in [3.05, 3.63) is 29.6 Å². The summed E-state index contributed by atoms with van der Waals surface area (Å²) in [7, 11) is 0. The van der Waals surface area contributed by atoms with Crippen molar-refractivity contribution in [2.75, 3.05) is 11.9 Å². The Morgan fingerprint density at radius 2 is 2.23 bits per heavy atom. The molecule has 2 rings (SSSR count). The molecule has 68 valence electrons. The van der Waals surface area contributed by atoms with Crippen LogP contribution in [0.5, 0.6) is 0 Å². The number of halogens is 1. The molecule has 1 aromatic rings. The molecular weight excluding hydrogens is 171 g/mol. The first-order valence-corrected chi connectivity index (χ1v) is 4.09. The van der Waals surface area contributed by atoms with Gasteiger partial charge in [0.15, 0.2) is 0 Å². The highest BCUT2D eigenvalue weighted by Gasteiger charge is 2.11. The van der Waals surface area contributed by atoms with Crippen molar-refractivity contribution >= 4 is 11.7 Å². The molecule has 0 unspecified atom stereocenters. The fourth-order valence-corrected chi connectivity index (χ4v) is 1.37. The number of carbonyl (C=O) groups excluding carboxylic acids is 1. The van der Waals surface area contributed by atoms with Crippen molar-refractivity contribution in [1.82, 2.24) is 5.32 Å². The van der Waals surface area contributed by atoms with Crippen LogP contribution in [0.3, 0.4) is 0 Å². The van der Waals surface area contributed by atoms with Gasteiger partial charge in [-0.3, -0.25) is 0 Å². The third-order valence-electron chi connectivity index (χ3n) is 2.00. The Hall–Kier alpha value is -1.58. The second-order valence-corrected chi connectivity index (χ2v) is 2.93. The lowest BCUT2D eigenvalue weighted by atomic mass is 10.1. The van der Waals surface area contributed by atoms with Crippen LogP contribution in [0.1, 0.15) is 5.56 Å². The molecule has 0 fully saturated rings. The lowest BCUT2D eigenvalue weighted by Crippen LogP contribution is -2.27. The molecule has 0 atom stereocenters. The maximum Gasteiger partial charge on any atom is 0.319 e. The van der Waals surface area contributed by atoms with E-state index in [1.54, 1.807) is 6.07 Å². The van der Waals surface area contributed by atoms with Crippen molar-refractivity contribution in [2.45, 2.75) is 6.42 Å². The number of urea groups is 1. The second-order valence-electron chi connectivity index (χ2n) is 2.93. The van der Waals surface area contributed by atoms with Gasteiger partial charge in [-0.05, 0) is 30.2 Å². The zero-order valence-corrected chi connectivity index (χ0v) is 6.93. The van der Waals surface area contributed by atoms with E-state index in [9.17, 15) is 9.18 Å². The Balaban J connectivity index is 2.40. The minimum absolute atomic E-state index is 0.231. The van der Waals surface area contributed by atoms with Crippen LogP contribution in [0.2, 0.25) is 0 Å². The molecule has 2 amide bonds. The number of nitrogens with one attached hydrogen (secondary N) is 2. The summed E-state index contributed by atoms with van der Waals surface area (Å²) >= 11 is 0. The molecule has 0 saturated carbocycles. The summed E-state index contributed by atoms with van der Waals surface area (Å²) < 4.78 is 12.8. The van der Waals surface area contributed by atoms with E-state index >= 15 is 0 Å². The average molecular weight is 180 g/mol. The van der Waals surface area contributed by atoms with Gasteiger partial charge in [0.2, 0.25) is 0 Å². The molecule has 1 aromatic carbocycles. The molecule has 4 heteroatoms. The van der Waals surface area contributed by atoms with Crippen LogP contribution in [0.4, 0.5) is 14.9 Å². The van der Waals surface area contributed by atoms with E-state index in [1.807, 2.05) is 0 Å². The molecule has 0 bridgehead atoms. The lowest BCUT2D eigenvalue weighted by molar-refractivity contribution is 0.252. The molecule has 13 heavy (non-hydrogen) atoms. The molecule has 1 aliphatic heterocycles. The Bertz CT molecular complexity index is 351. The highest BCUT2D eigenvalue weighted by atomic mass is 19.1. The van der Waals surface area contributed by atoms with Crippen LogP contribution in [0.15, 0.2) is 18.2 Å². The number of fused-ring (bicyclic) bond motifs is 1. The summed E-state index contributed by atoms with van der Waals surface area (Å²) in [6, 6.07) is 4.13. The van der Waals surface area contributed by atoms with Crippen molar-refractivity contribution in [3.8, 4) is 0 Å². The normalized spacial score (nSPS) is 15.3. The van der Waals surface area contributed by atoms with E-state index < -0.39 is 0 Å². The Labute approximate surface area is 74.9 Å². The minimum atomic E-state index is -0.269. The number of benzene rings is 1. The van der Waals surface area contributed by atoms with Gasteiger partial charge in [-0.2, -0.15) is 0 Å². The number of carbonyl (C=O) groups is 1. The van der Waals surface area contributed by atoms with Gasteiger partial charge in [0.05, 0.1) is 0 Å². The van der Waals surface area contributed by atoms with Crippen LogP contribution in [-0.2, 0) is 6.42 Å². The Kier molecular flexibility index (Phi) is 1.88. The van der Waals surface area contributed by atoms with Gasteiger partial charge < -0.3 is 10.6 Å². The fraction of sp³-hybridized carbons (Fsp3) is 0.222. The molecule has 1 heterocycles. The third kappa shape index (κ3) is 1.61. The number of rotatable bonds is 0. The second kappa shape index (κ2) is 3.05. The molecule has 0 saturated heterocycles. The maximum absolute atomic E-state index is 12.8. The van der Waals surface area contributed by atoms with E-state index in [4.69, 9.17) is 0 Å². The molecular formula is C9H9FN2O. The minimum Gasteiger partial charge on any atom is -0.338 e. The summed E-state index contributed by atoms with van der Waals surface area (Å²) in [5, 5.41) is 5.27. The van der Waals surface area contributed by atoms with Crippen molar-refractivity contribution in [1.29, 1.82) is 0 Å². The van der Waals surface area contributed by atoms with Gasteiger partial charge in [-0.1, -0.05) is 0 Å². The van der Waals surface area contributed by atoms with E-state index in [2.05, 4.69) is 10.6 Å². The number of hydrogen-bond donors (Lipinski definition) is 2. The number of amides is 2. The van der Waals surface area contributed by atoms with Crippen molar-refractivity contribution in [3.63, 3.8) is 0 Å². The average Bonchev–Trinajstić information content (AvgIpc) is 2.25. The molecule has 0 spiro atoms. The zero-order valence-electron chi connectivity index (χ0n) is 6.93. The quantitative estimate of drug-likeness (QED) is 0.624. The summed E-state index contributed by atoms with van der Waals surface area (Å²) in [6.45, 7) is 0.544. The van der Waals surface area contributed by atoms with Gasteiger partial charge in [0.25, 0.3) is 0 Å². The van der Waals surface area contributed by atoms with Crippen LogP contribution in [0.25, 0.3) is 0 Å².